The number of ether oxygens (including phenoxy) is 2. The Bertz CT molecular complexity index is 781. The summed E-state index contributed by atoms with van der Waals surface area (Å²) in [5.41, 5.74) is 0.0806. The fraction of sp³-hybridized carbons (Fsp3) is 0.222. The fourth-order valence-electron chi connectivity index (χ4n) is 1.96. The Kier molecular flexibility index (Phi) is 5.75. The Morgan fingerprint density at radius 1 is 1.08 bits per heavy atom. The van der Waals surface area contributed by atoms with E-state index in [9.17, 15) is 14.7 Å². The molecule has 0 aromatic heterocycles. The first-order valence-electron chi connectivity index (χ1n) is 7.55. The van der Waals surface area contributed by atoms with Crippen molar-refractivity contribution in [2.75, 3.05) is 5.32 Å². The van der Waals surface area contributed by atoms with E-state index in [1.165, 1.54) is 16.9 Å². The van der Waals surface area contributed by atoms with Gasteiger partial charge in [-0.25, -0.2) is 0 Å². The van der Waals surface area contributed by atoms with Gasteiger partial charge in [-0.2, -0.15) is 0 Å². The monoisotopic (exact) mass is 405 g/mol. The number of carboxylic acid groups (broad SMARTS) is 1. The molecule has 0 heterocycles. The van der Waals surface area contributed by atoms with E-state index in [1.807, 2.05) is 0 Å². The van der Waals surface area contributed by atoms with E-state index < -0.39 is 17.7 Å². The van der Waals surface area contributed by atoms with Crippen LogP contribution in [0.5, 0.6) is 11.5 Å². The number of carbonyl (C=O) groups excluding carboxylic acids is 1. The van der Waals surface area contributed by atoms with Crippen molar-refractivity contribution in [2.24, 2.45) is 0 Å². The molecule has 1 amide bonds. The SMILES string of the molecule is CC(C)(C)OC(=O)Nc1ccc(Oc2ccc([AsH2])cc2C(=O)O)cc1. The van der Waals surface area contributed by atoms with Crippen LogP contribution in [0.15, 0.2) is 42.5 Å². The predicted molar refractivity (Wildman–Crippen MR) is 98.0 cm³/mol. The van der Waals surface area contributed by atoms with Gasteiger partial charge >= 0.3 is 128 Å². The van der Waals surface area contributed by atoms with E-state index in [-0.39, 0.29) is 11.3 Å². The third-order valence-electron chi connectivity index (χ3n) is 2.96. The van der Waals surface area contributed by atoms with E-state index >= 15 is 0 Å². The summed E-state index contributed by atoms with van der Waals surface area (Å²) < 4.78 is 11.7. The summed E-state index contributed by atoms with van der Waals surface area (Å²) in [7, 11) is 0. The van der Waals surface area contributed by atoms with E-state index in [0.717, 1.165) is 4.35 Å². The molecule has 25 heavy (non-hydrogen) atoms. The Hall–Kier alpha value is -2.46. The number of aromatic carboxylic acids is 1. The maximum atomic E-state index is 11.7. The molecule has 0 bridgehead atoms. The molecule has 1 unspecified atom stereocenters. The number of benzene rings is 2. The average Bonchev–Trinajstić information content (AvgIpc) is 2.49. The van der Waals surface area contributed by atoms with Crippen molar-refractivity contribution in [1.82, 2.24) is 0 Å². The van der Waals surface area contributed by atoms with E-state index in [0.29, 0.717) is 11.4 Å². The summed E-state index contributed by atoms with van der Waals surface area (Å²) in [6, 6.07) is 11.6. The molecule has 0 spiro atoms. The number of amides is 1. The second-order valence-electron chi connectivity index (χ2n) is 6.31. The van der Waals surface area contributed by atoms with Gasteiger partial charge in [-0.15, -0.1) is 0 Å². The van der Waals surface area contributed by atoms with Gasteiger partial charge < -0.3 is 0 Å². The van der Waals surface area contributed by atoms with Gasteiger partial charge in [-0.3, -0.25) is 0 Å². The van der Waals surface area contributed by atoms with Crippen LogP contribution >= 0.6 is 0 Å². The summed E-state index contributed by atoms with van der Waals surface area (Å²) in [6.45, 7) is 5.35. The van der Waals surface area contributed by atoms with Gasteiger partial charge in [0.25, 0.3) is 0 Å². The predicted octanol–water partition coefficient (Wildman–Crippen LogP) is 2.78. The Labute approximate surface area is 154 Å². The van der Waals surface area contributed by atoms with Crippen molar-refractivity contribution < 1.29 is 24.2 Å². The molecule has 0 aliphatic rings. The Morgan fingerprint density at radius 2 is 1.72 bits per heavy atom. The zero-order chi connectivity index (χ0) is 18.6. The molecule has 2 rings (SSSR count). The minimum atomic E-state index is -1.04. The molecule has 0 radical (unpaired) electrons. The summed E-state index contributed by atoms with van der Waals surface area (Å²) in [4.78, 5) is 23.0. The second-order valence-corrected chi connectivity index (χ2v) is 7.71. The topological polar surface area (TPSA) is 84.9 Å². The van der Waals surface area contributed by atoms with Gasteiger partial charge in [0.1, 0.15) is 5.60 Å². The number of carboxylic acids is 1. The van der Waals surface area contributed by atoms with Crippen LogP contribution in [0.1, 0.15) is 31.1 Å². The van der Waals surface area contributed by atoms with Gasteiger partial charge in [0.2, 0.25) is 0 Å². The normalized spacial score (nSPS) is 10.9. The molecule has 2 N–H and O–H groups in total. The van der Waals surface area contributed by atoms with Crippen molar-refractivity contribution >= 4 is 39.0 Å². The van der Waals surface area contributed by atoms with Gasteiger partial charge in [0, 0.05) is 0 Å². The van der Waals surface area contributed by atoms with Crippen LogP contribution in [0.4, 0.5) is 10.5 Å². The Morgan fingerprint density at radius 3 is 2.28 bits per heavy atom. The molecule has 0 aliphatic carbocycles. The van der Waals surface area contributed by atoms with Crippen LogP contribution in [-0.4, -0.2) is 39.6 Å². The molecule has 1 atom stereocenters. The second kappa shape index (κ2) is 7.62. The van der Waals surface area contributed by atoms with Crippen LogP contribution < -0.4 is 14.4 Å². The average molecular weight is 405 g/mol. The first-order chi connectivity index (χ1) is 11.6. The van der Waals surface area contributed by atoms with Crippen LogP contribution in [0.25, 0.3) is 0 Å². The number of nitrogens with one attached hydrogen (secondary N) is 1. The Balaban J connectivity index is 2.09. The third-order valence-corrected chi connectivity index (χ3v) is 3.71. The number of hydrogen-bond acceptors (Lipinski definition) is 4. The van der Waals surface area contributed by atoms with Gasteiger partial charge in [0.05, 0.1) is 0 Å². The standard InChI is InChI=1S/C18H20AsNO5/c1-18(2,3)25-17(23)20-12-5-7-13(8-6-12)24-15-9-4-11(19)10-14(15)16(21)22/h4-10H,19H2,1-3H3,(H,20,23)(H,21,22). The number of hydrogen-bond donors (Lipinski definition) is 2. The van der Waals surface area contributed by atoms with E-state index in [2.05, 4.69) is 5.32 Å². The molecule has 0 saturated carbocycles. The molecular weight excluding hydrogens is 385 g/mol. The van der Waals surface area contributed by atoms with Crippen molar-refractivity contribution in [3.05, 3.63) is 48.0 Å². The van der Waals surface area contributed by atoms with Crippen LogP contribution in [0, 0.1) is 0 Å². The summed E-state index contributed by atoms with van der Waals surface area (Å²) in [5, 5.41) is 11.9. The van der Waals surface area contributed by atoms with Gasteiger partial charge in [0.15, 0.2) is 0 Å². The van der Waals surface area contributed by atoms with Crippen LogP contribution in [0.2, 0.25) is 0 Å². The van der Waals surface area contributed by atoms with Gasteiger partial charge in [-0.1, -0.05) is 0 Å². The summed E-state index contributed by atoms with van der Waals surface area (Å²) in [5.74, 6) is -0.314. The summed E-state index contributed by atoms with van der Waals surface area (Å²) >= 11 is 1.34. The molecule has 0 saturated heterocycles. The van der Waals surface area contributed by atoms with E-state index in [1.54, 1.807) is 63.2 Å². The zero-order valence-electron chi connectivity index (χ0n) is 14.2. The molecule has 2 aromatic rings. The number of anilines is 1. The van der Waals surface area contributed by atoms with Crippen molar-refractivity contribution in [1.29, 1.82) is 0 Å². The molecule has 0 fully saturated rings. The number of rotatable bonds is 4. The minimum absolute atomic E-state index is 0.109. The number of carbonyl (C=O) groups is 2. The summed E-state index contributed by atoms with van der Waals surface area (Å²) in [6.07, 6.45) is -0.547. The molecular formula is C18H20AsNO5. The molecule has 2 aromatic carbocycles. The first kappa shape index (κ1) is 18.9. The van der Waals surface area contributed by atoms with Crippen molar-refractivity contribution in [3.8, 4) is 11.5 Å². The molecule has 7 heteroatoms. The van der Waals surface area contributed by atoms with E-state index in [4.69, 9.17) is 9.47 Å². The van der Waals surface area contributed by atoms with Crippen molar-refractivity contribution in [3.63, 3.8) is 0 Å². The zero-order valence-corrected chi connectivity index (χ0v) is 16.6. The van der Waals surface area contributed by atoms with Crippen LogP contribution in [-0.2, 0) is 4.74 Å². The quantitative estimate of drug-likeness (QED) is 0.765. The maximum absolute atomic E-state index is 11.7. The third kappa shape index (κ3) is 5.84. The van der Waals surface area contributed by atoms with Gasteiger partial charge in [-0.05, 0) is 20.8 Å². The molecule has 0 aliphatic heterocycles. The first-order valence-corrected chi connectivity index (χ1v) is 8.76. The van der Waals surface area contributed by atoms with Crippen molar-refractivity contribution in [2.45, 2.75) is 26.4 Å². The molecule has 132 valence electrons. The fourth-order valence-corrected chi connectivity index (χ4v) is 2.51. The molecule has 6 nitrogen and oxygen atoms in total. The van der Waals surface area contributed by atoms with Crippen LogP contribution in [0.3, 0.4) is 0 Å².